The summed E-state index contributed by atoms with van der Waals surface area (Å²) in [7, 11) is -1.49. The van der Waals surface area contributed by atoms with Gasteiger partial charge in [0.15, 0.2) is 0 Å². The van der Waals surface area contributed by atoms with E-state index in [-0.39, 0.29) is 12.4 Å². The molecule has 0 spiro atoms. The van der Waals surface area contributed by atoms with Crippen molar-refractivity contribution in [3.8, 4) is 6.07 Å². The van der Waals surface area contributed by atoms with E-state index in [2.05, 4.69) is 6.07 Å². The molecule has 2 N–H and O–H groups in total. The Morgan fingerprint density at radius 2 is 1.95 bits per heavy atom. The van der Waals surface area contributed by atoms with Crippen LogP contribution in [0.15, 0.2) is 0 Å². The van der Waals surface area contributed by atoms with Crippen molar-refractivity contribution >= 4 is 13.2 Å². The number of piperidine rings is 1. The topological polar surface area (TPSA) is 93.8 Å². The van der Waals surface area contributed by atoms with Crippen molar-refractivity contribution in [2.45, 2.75) is 45.5 Å². The monoisotopic (exact) mass is 268 g/mol. The van der Waals surface area contributed by atoms with Crippen molar-refractivity contribution in [3.63, 3.8) is 0 Å². The molecule has 106 valence electrons. The smallest absolute Gasteiger partial charge is 0.444 e. The molecule has 7 heteroatoms. The summed E-state index contributed by atoms with van der Waals surface area (Å²) in [5, 5.41) is 27.3. The van der Waals surface area contributed by atoms with Crippen molar-refractivity contribution < 1.29 is 19.6 Å². The summed E-state index contributed by atoms with van der Waals surface area (Å²) in [4.78, 5) is 13.4. The maximum atomic E-state index is 11.9. The van der Waals surface area contributed by atoms with Crippen LogP contribution in [0.2, 0.25) is 6.32 Å². The second-order valence-electron chi connectivity index (χ2n) is 6.04. The number of hydrogen-bond donors (Lipinski definition) is 2. The third-order valence-corrected chi connectivity index (χ3v) is 3.18. The van der Waals surface area contributed by atoms with E-state index in [1.807, 2.05) is 0 Å². The van der Waals surface area contributed by atoms with E-state index in [9.17, 15) is 10.1 Å². The Labute approximate surface area is 114 Å². The van der Waals surface area contributed by atoms with Crippen LogP contribution >= 0.6 is 0 Å². The fraction of sp³-hybridized carbons (Fsp3) is 0.833. The average Bonchev–Trinajstić information content (AvgIpc) is 2.26. The van der Waals surface area contributed by atoms with E-state index >= 15 is 0 Å². The minimum Gasteiger partial charge on any atom is -0.444 e. The van der Waals surface area contributed by atoms with Crippen molar-refractivity contribution in [2.24, 2.45) is 5.41 Å². The number of carbonyl (C=O) groups excluding carboxylic acids is 1. The Kier molecular flexibility index (Phi) is 4.83. The Hall–Kier alpha value is -1.26. The lowest BCUT2D eigenvalue weighted by molar-refractivity contribution is 0.0157. The Bertz CT molecular complexity index is 365. The van der Waals surface area contributed by atoms with Crippen LogP contribution in [0.1, 0.15) is 33.6 Å². The van der Waals surface area contributed by atoms with Gasteiger partial charge in [-0.05, 0) is 33.6 Å². The third kappa shape index (κ3) is 4.73. The summed E-state index contributed by atoms with van der Waals surface area (Å²) >= 11 is 0. The van der Waals surface area contributed by atoms with Gasteiger partial charge in [-0.1, -0.05) is 0 Å². The molecule has 19 heavy (non-hydrogen) atoms. The maximum Gasteiger partial charge on any atom is 0.453 e. The molecule has 0 bridgehead atoms. The quantitative estimate of drug-likeness (QED) is 0.728. The zero-order chi connectivity index (χ0) is 14.7. The van der Waals surface area contributed by atoms with Crippen LogP contribution in [0.3, 0.4) is 0 Å². The predicted molar refractivity (Wildman–Crippen MR) is 70.1 cm³/mol. The van der Waals surface area contributed by atoms with E-state index in [4.69, 9.17) is 14.8 Å². The van der Waals surface area contributed by atoms with E-state index in [0.29, 0.717) is 25.9 Å². The molecule has 0 atom stereocenters. The molecule has 1 saturated heterocycles. The molecule has 6 nitrogen and oxygen atoms in total. The molecule has 0 aromatic heterocycles. The van der Waals surface area contributed by atoms with Crippen molar-refractivity contribution in [3.05, 3.63) is 0 Å². The van der Waals surface area contributed by atoms with Crippen LogP contribution in [0, 0.1) is 16.7 Å². The Morgan fingerprint density at radius 3 is 2.32 bits per heavy atom. The van der Waals surface area contributed by atoms with Gasteiger partial charge in [-0.2, -0.15) is 5.26 Å². The fourth-order valence-corrected chi connectivity index (χ4v) is 2.15. The molecule has 1 aliphatic rings. The first-order valence-electron chi connectivity index (χ1n) is 6.43. The first-order valence-corrected chi connectivity index (χ1v) is 6.43. The molecule has 0 aliphatic carbocycles. The van der Waals surface area contributed by atoms with Crippen molar-refractivity contribution in [1.29, 1.82) is 5.26 Å². The van der Waals surface area contributed by atoms with Crippen molar-refractivity contribution in [1.82, 2.24) is 4.90 Å². The largest absolute Gasteiger partial charge is 0.453 e. The van der Waals surface area contributed by atoms with Gasteiger partial charge in [0.1, 0.15) is 5.60 Å². The molecular weight excluding hydrogens is 247 g/mol. The van der Waals surface area contributed by atoms with Gasteiger partial charge in [-0.25, -0.2) is 4.79 Å². The number of carbonyl (C=O) groups is 1. The molecule has 1 amide bonds. The number of nitrogens with zero attached hydrogens (tertiary/aromatic N) is 2. The number of hydrogen-bond acceptors (Lipinski definition) is 5. The van der Waals surface area contributed by atoms with E-state index in [1.54, 1.807) is 25.7 Å². The fourth-order valence-electron chi connectivity index (χ4n) is 2.15. The first-order chi connectivity index (χ1) is 8.67. The van der Waals surface area contributed by atoms with Crippen LogP contribution < -0.4 is 0 Å². The molecule has 1 fully saturated rings. The molecule has 0 aromatic rings. The number of nitriles is 1. The van der Waals surface area contributed by atoms with Gasteiger partial charge in [-0.3, -0.25) is 0 Å². The Morgan fingerprint density at radius 1 is 1.42 bits per heavy atom. The predicted octanol–water partition coefficient (Wildman–Crippen LogP) is 1.00. The third-order valence-electron chi connectivity index (χ3n) is 3.18. The zero-order valence-electron chi connectivity index (χ0n) is 11.7. The lowest BCUT2D eigenvalue weighted by atomic mass is 9.64. The second-order valence-corrected chi connectivity index (χ2v) is 6.04. The van der Waals surface area contributed by atoms with Gasteiger partial charge in [0, 0.05) is 19.4 Å². The molecule has 1 heterocycles. The van der Waals surface area contributed by atoms with Crippen LogP contribution in [-0.2, 0) is 4.74 Å². The van der Waals surface area contributed by atoms with Gasteiger partial charge in [0.05, 0.1) is 11.5 Å². The molecular formula is C12H21BN2O4. The summed E-state index contributed by atoms with van der Waals surface area (Å²) in [6.07, 6.45) is 0.496. The van der Waals surface area contributed by atoms with Gasteiger partial charge in [-0.15, -0.1) is 0 Å². The lowest BCUT2D eigenvalue weighted by Crippen LogP contribution is -2.45. The number of amides is 1. The standard InChI is InChI=1S/C12H21BN2O4/c1-11(2,3)19-10(16)15-6-4-12(9-14,5-7-15)8-13(17)18/h17-18H,4-8H2,1-3H3. The normalized spacial score (nSPS) is 18.6. The van der Waals surface area contributed by atoms with Gasteiger partial charge < -0.3 is 19.7 Å². The van der Waals surface area contributed by atoms with E-state index < -0.39 is 18.1 Å². The molecule has 0 saturated carbocycles. The van der Waals surface area contributed by atoms with E-state index in [0.717, 1.165) is 0 Å². The molecule has 0 radical (unpaired) electrons. The van der Waals surface area contributed by atoms with Crippen LogP contribution in [0.5, 0.6) is 0 Å². The van der Waals surface area contributed by atoms with Gasteiger partial charge in [0.2, 0.25) is 0 Å². The van der Waals surface area contributed by atoms with Gasteiger partial charge in [0.25, 0.3) is 0 Å². The number of rotatable bonds is 2. The highest BCUT2D eigenvalue weighted by molar-refractivity contribution is 6.41. The first kappa shape index (κ1) is 15.8. The second kappa shape index (κ2) is 5.80. The molecule has 0 aromatic carbocycles. The average molecular weight is 268 g/mol. The van der Waals surface area contributed by atoms with Gasteiger partial charge >= 0.3 is 13.2 Å². The van der Waals surface area contributed by atoms with Crippen LogP contribution in [-0.4, -0.2) is 46.9 Å². The highest BCUT2D eigenvalue weighted by Crippen LogP contribution is 2.35. The number of ether oxygens (including phenoxy) is 1. The van der Waals surface area contributed by atoms with Crippen molar-refractivity contribution in [2.75, 3.05) is 13.1 Å². The minimum atomic E-state index is -1.49. The molecule has 1 aliphatic heterocycles. The maximum absolute atomic E-state index is 11.9. The van der Waals surface area contributed by atoms with Crippen LogP contribution in [0.25, 0.3) is 0 Å². The Balaban J connectivity index is 2.57. The highest BCUT2D eigenvalue weighted by atomic mass is 16.6. The summed E-state index contributed by atoms with van der Waals surface area (Å²) in [5.74, 6) is 0. The summed E-state index contributed by atoms with van der Waals surface area (Å²) in [6.45, 7) is 6.20. The minimum absolute atomic E-state index is 0.0195. The SMILES string of the molecule is CC(C)(C)OC(=O)N1CCC(C#N)(CB(O)O)CC1. The zero-order valence-corrected chi connectivity index (χ0v) is 11.7. The molecule has 0 unspecified atom stereocenters. The lowest BCUT2D eigenvalue weighted by Gasteiger charge is -2.37. The molecule has 1 rings (SSSR count). The summed E-state index contributed by atoms with van der Waals surface area (Å²) in [6, 6.07) is 2.16. The summed E-state index contributed by atoms with van der Waals surface area (Å²) < 4.78 is 5.27. The van der Waals surface area contributed by atoms with E-state index in [1.165, 1.54) is 0 Å². The van der Waals surface area contributed by atoms with Crippen LogP contribution in [0.4, 0.5) is 4.79 Å². The highest BCUT2D eigenvalue weighted by Gasteiger charge is 2.39. The number of likely N-dealkylation sites (tertiary alicyclic amines) is 1. The summed E-state index contributed by atoms with van der Waals surface area (Å²) in [5.41, 5.74) is -1.30.